The van der Waals surface area contributed by atoms with E-state index in [1.165, 1.54) is 18.4 Å². The number of rotatable bonds is 8. The summed E-state index contributed by atoms with van der Waals surface area (Å²) < 4.78 is 4.10. The molecule has 2 heterocycles. The largest absolute Gasteiger partial charge is 0.393 e. The standard InChI is InChI=1S/C31H41N5O2/c1-2-34-20-26(17-32-34)23-8-6-22(7-9-23)19-35(31(38)24-10-14-30(37)15-11-24)29-5-3-4-25(16-29)27-18-33-36(21-27)28-12-13-28/h3-5,16-18,20-24,28,30,37H,2,6-15,19H2,1H3. The van der Waals surface area contributed by atoms with Crippen molar-refractivity contribution in [3.05, 3.63) is 54.6 Å². The van der Waals surface area contributed by atoms with Gasteiger partial charge in [0, 0.05) is 42.7 Å². The fraction of sp³-hybridized carbons (Fsp3) is 0.581. The summed E-state index contributed by atoms with van der Waals surface area (Å²) in [5, 5.41) is 19.1. The molecule has 0 bridgehead atoms. The highest BCUT2D eigenvalue weighted by atomic mass is 16.3. The van der Waals surface area contributed by atoms with Crippen LogP contribution in [0.2, 0.25) is 0 Å². The van der Waals surface area contributed by atoms with Gasteiger partial charge in [-0.15, -0.1) is 0 Å². The number of aliphatic hydroxyl groups excluding tert-OH is 1. The van der Waals surface area contributed by atoms with Crippen LogP contribution in [-0.2, 0) is 11.3 Å². The number of hydrogen-bond donors (Lipinski definition) is 1. The molecule has 1 aromatic carbocycles. The molecule has 7 nitrogen and oxygen atoms in total. The van der Waals surface area contributed by atoms with E-state index in [0.29, 0.717) is 17.9 Å². The maximum absolute atomic E-state index is 14.0. The van der Waals surface area contributed by atoms with E-state index < -0.39 is 0 Å². The highest BCUT2D eigenvalue weighted by Gasteiger charge is 2.32. The molecule has 0 radical (unpaired) electrons. The summed E-state index contributed by atoms with van der Waals surface area (Å²) in [5.41, 5.74) is 4.57. The fourth-order valence-electron chi connectivity index (χ4n) is 6.44. The van der Waals surface area contributed by atoms with Gasteiger partial charge in [-0.2, -0.15) is 10.2 Å². The lowest BCUT2D eigenvalue weighted by Crippen LogP contribution is -2.41. The average molecular weight is 516 g/mol. The Bertz CT molecular complexity index is 1230. The number of benzene rings is 1. The second kappa shape index (κ2) is 11.0. The second-order valence-corrected chi connectivity index (χ2v) is 11.8. The van der Waals surface area contributed by atoms with Crippen LogP contribution in [0.15, 0.2) is 49.1 Å². The van der Waals surface area contributed by atoms with Gasteiger partial charge in [-0.1, -0.05) is 12.1 Å². The molecule has 0 unspecified atom stereocenters. The molecule has 38 heavy (non-hydrogen) atoms. The van der Waals surface area contributed by atoms with Crippen molar-refractivity contribution in [2.75, 3.05) is 11.4 Å². The van der Waals surface area contributed by atoms with Crippen LogP contribution < -0.4 is 4.90 Å². The van der Waals surface area contributed by atoms with E-state index in [9.17, 15) is 9.90 Å². The first kappa shape index (κ1) is 25.4. The van der Waals surface area contributed by atoms with Gasteiger partial charge >= 0.3 is 0 Å². The van der Waals surface area contributed by atoms with Crippen LogP contribution in [0, 0.1) is 11.8 Å². The highest BCUT2D eigenvalue weighted by molar-refractivity contribution is 5.95. The summed E-state index contributed by atoms with van der Waals surface area (Å²) in [6.07, 6.45) is 18.1. The van der Waals surface area contributed by atoms with Gasteiger partial charge in [0.05, 0.1) is 24.5 Å². The maximum Gasteiger partial charge on any atom is 0.230 e. The molecule has 0 atom stereocenters. The van der Waals surface area contributed by atoms with E-state index in [1.54, 1.807) is 0 Å². The Kier molecular flexibility index (Phi) is 7.37. The molecule has 3 aromatic rings. The summed E-state index contributed by atoms with van der Waals surface area (Å²) in [6, 6.07) is 9.02. The highest BCUT2D eigenvalue weighted by Crippen LogP contribution is 2.38. The molecule has 0 spiro atoms. The molecule has 0 aliphatic heterocycles. The number of aryl methyl sites for hydroxylation is 1. The van der Waals surface area contributed by atoms with Crippen LogP contribution in [0.3, 0.4) is 0 Å². The number of aromatic nitrogens is 4. The Hall–Kier alpha value is -2.93. The minimum Gasteiger partial charge on any atom is -0.393 e. The number of hydrogen-bond acceptors (Lipinski definition) is 4. The van der Waals surface area contributed by atoms with Crippen molar-refractivity contribution in [2.45, 2.75) is 95.7 Å². The van der Waals surface area contributed by atoms with Gasteiger partial charge in [-0.25, -0.2) is 0 Å². The van der Waals surface area contributed by atoms with Crippen molar-refractivity contribution in [3.63, 3.8) is 0 Å². The van der Waals surface area contributed by atoms with Crippen LogP contribution in [-0.4, -0.2) is 43.2 Å². The van der Waals surface area contributed by atoms with Gasteiger partial charge in [0.2, 0.25) is 5.91 Å². The molecule has 3 saturated carbocycles. The quantitative estimate of drug-likeness (QED) is 0.402. The van der Waals surface area contributed by atoms with Crippen molar-refractivity contribution in [3.8, 4) is 11.1 Å². The maximum atomic E-state index is 14.0. The lowest BCUT2D eigenvalue weighted by Gasteiger charge is -2.35. The first-order chi connectivity index (χ1) is 18.6. The van der Waals surface area contributed by atoms with Crippen LogP contribution in [0.4, 0.5) is 5.69 Å². The van der Waals surface area contributed by atoms with Crippen molar-refractivity contribution in [1.29, 1.82) is 0 Å². The first-order valence-electron chi connectivity index (χ1n) is 14.7. The molecule has 3 fully saturated rings. The van der Waals surface area contributed by atoms with Gasteiger partial charge in [-0.3, -0.25) is 14.2 Å². The molecular weight excluding hydrogens is 474 g/mol. The van der Waals surface area contributed by atoms with Gasteiger partial charge in [0.25, 0.3) is 0 Å². The molecule has 3 aliphatic carbocycles. The Morgan fingerprint density at radius 1 is 0.947 bits per heavy atom. The number of amides is 1. The molecule has 0 saturated heterocycles. The number of carbonyl (C=O) groups excluding carboxylic acids is 1. The van der Waals surface area contributed by atoms with Gasteiger partial charge in [0.1, 0.15) is 0 Å². The summed E-state index contributed by atoms with van der Waals surface area (Å²) in [6.45, 7) is 3.80. The van der Waals surface area contributed by atoms with Crippen molar-refractivity contribution in [2.24, 2.45) is 11.8 Å². The topological polar surface area (TPSA) is 76.2 Å². The Morgan fingerprint density at radius 2 is 1.74 bits per heavy atom. The lowest BCUT2D eigenvalue weighted by molar-refractivity contribution is -0.124. The summed E-state index contributed by atoms with van der Waals surface area (Å²) >= 11 is 0. The molecule has 6 rings (SSSR count). The molecule has 1 N–H and O–H groups in total. The predicted molar refractivity (Wildman–Crippen MR) is 149 cm³/mol. The Balaban J connectivity index is 1.19. The van der Waals surface area contributed by atoms with E-state index in [4.69, 9.17) is 0 Å². The summed E-state index contributed by atoms with van der Waals surface area (Å²) in [4.78, 5) is 16.0. The van der Waals surface area contributed by atoms with Gasteiger partial charge < -0.3 is 10.0 Å². The normalized spacial score (nSPS) is 25.8. The van der Waals surface area contributed by atoms with Crippen LogP contribution in [0.1, 0.15) is 88.7 Å². The predicted octanol–water partition coefficient (Wildman–Crippen LogP) is 5.96. The molecule has 2 aromatic heterocycles. The number of nitrogens with zero attached hydrogens (tertiary/aromatic N) is 5. The van der Waals surface area contributed by atoms with Gasteiger partial charge in [0.15, 0.2) is 0 Å². The van der Waals surface area contributed by atoms with Crippen LogP contribution >= 0.6 is 0 Å². The Labute approximate surface area is 225 Å². The lowest BCUT2D eigenvalue weighted by atomic mass is 9.79. The summed E-state index contributed by atoms with van der Waals surface area (Å²) in [5.74, 6) is 1.29. The van der Waals surface area contributed by atoms with E-state index in [-0.39, 0.29) is 17.9 Å². The zero-order valence-electron chi connectivity index (χ0n) is 22.6. The average Bonchev–Trinajstić information content (AvgIpc) is 3.48. The van der Waals surface area contributed by atoms with E-state index >= 15 is 0 Å². The fourth-order valence-corrected chi connectivity index (χ4v) is 6.44. The monoisotopic (exact) mass is 515 g/mol. The smallest absolute Gasteiger partial charge is 0.230 e. The molecule has 7 heteroatoms. The molecule has 202 valence electrons. The third-order valence-electron chi connectivity index (χ3n) is 9.06. The summed E-state index contributed by atoms with van der Waals surface area (Å²) in [7, 11) is 0. The zero-order chi connectivity index (χ0) is 26.1. The molecule has 3 aliphatic rings. The third kappa shape index (κ3) is 5.58. The van der Waals surface area contributed by atoms with E-state index in [1.807, 2.05) is 17.1 Å². The van der Waals surface area contributed by atoms with Gasteiger partial charge in [-0.05, 0) is 106 Å². The molecular formula is C31H41N5O2. The second-order valence-electron chi connectivity index (χ2n) is 11.8. The number of anilines is 1. The third-order valence-corrected chi connectivity index (χ3v) is 9.06. The van der Waals surface area contributed by atoms with Crippen LogP contribution in [0.5, 0.6) is 0 Å². The van der Waals surface area contributed by atoms with Crippen LogP contribution in [0.25, 0.3) is 11.1 Å². The first-order valence-corrected chi connectivity index (χ1v) is 14.7. The molecule has 1 amide bonds. The SMILES string of the molecule is CCn1cc(C2CCC(CN(C(=O)C3CCC(O)CC3)c3cccc(-c4cnn(C5CC5)c4)c3)CC2)cn1. The number of carbonyl (C=O) groups is 1. The minimum absolute atomic E-state index is 0.00380. The number of aliphatic hydroxyl groups is 1. The van der Waals surface area contributed by atoms with E-state index in [2.05, 4.69) is 63.4 Å². The van der Waals surface area contributed by atoms with Crippen molar-refractivity contribution >= 4 is 11.6 Å². The minimum atomic E-state index is -0.258. The zero-order valence-corrected chi connectivity index (χ0v) is 22.6. The van der Waals surface area contributed by atoms with Crippen molar-refractivity contribution < 1.29 is 9.90 Å². The van der Waals surface area contributed by atoms with E-state index in [0.717, 1.165) is 81.3 Å². The van der Waals surface area contributed by atoms with Crippen molar-refractivity contribution in [1.82, 2.24) is 19.6 Å². The Morgan fingerprint density at radius 3 is 2.45 bits per heavy atom.